The van der Waals surface area contributed by atoms with Crippen LogP contribution in [0.3, 0.4) is 0 Å². The summed E-state index contributed by atoms with van der Waals surface area (Å²) in [5.41, 5.74) is 1.01. The van der Waals surface area contributed by atoms with Gasteiger partial charge in [-0.05, 0) is 18.7 Å². The molecule has 1 aromatic rings. The van der Waals surface area contributed by atoms with E-state index in [0.717, 1.165) is 24.5 Å². The molecule has 1 N–H and O–H groups in total. The molecule has 0 aliphatic rings. The summed E-state index contributed by atoms with van der Waals surface area (Å²) in [6.45, 7) is 6.09. The summed E-state index contributed by atoms with van der Waals surface area (Å²) in [6, 6.07) is 3.89. The van der Waals surface area contributed by atoms with Gasteiger partial charge in [0.1, 0.15) is 12.4 Å². The maximum absolute atomic E-state index is 5.50. The highest BCUT2D eigenvalue weighted by Gasteiger charge is 1.97. The molecule has 18 heavy (non-hydrogen) atoms. The van der Waals surface area contributed by atoms with Crippen LogP contribution in [0.25, 0.3) is 0 Å². The van der Waals surface area contributed by atoms with Gasteiger partial charge in [-0.2, -0.15) is 0 Å². The van der Waals surface area contributed by atoms with Gasteiger partial charge in [-0.25, -0.2) is 0 Å². The molecular weight excluding hydrogens is 232 g/mol. The van der Waals surface area contributed by atoms with E-state index < -0.39 is 0 Å². The standard InChI is InChI=1S/C13H22N2O3/c1-3-14-10-12-4-5-13(11-15-12)18-9-8-17-7-6-16-2/h4-5,11,14H,3,6-10H2,1-2H3. The minimum atomic E-state index is 0.526. The first-order chi connectivity index (χ1) is 8.86. The molecular formula is C13H22N2O3. The maximum atomic E-state index is 5.50. The van der Waals surface area contributed by atoms with E-state index in [1.165, 1.54) is 0 Å². The number of hydrogen-bond acceptors (Lipinski definition) is 5. The van der Waals surface area contributed by atoms with Gasteiger partial charge in [0.15, 0.2) is 0 Å². The number of hydrogen-bond donors (Lipinski definition) is 1. The second kappa shape index (κ2) is 9.82. The molecule has 0 fully saturated rings. The smallest absolute Gasteiger partial charge is 0.137 e. The molecule has 0 amide bonds. The zero-order chi connectivity index (χ0) is 13.1. The fourth-order valence-electron chi connectivity index (χ4n) is 1.32. The van der Waals surface area contributed by atoms with E-state index >= 15 is 0 Å². The number of aromatic nitrogens is 1. The number of ether oxygens (including phenoxy) is 3. The summed E-state index contributed by atoms with van der Waals surface area (Å²) in [7, 11) is 1.65. The first-order valence-electron chi connectivity index (χ1n) is 6.22. The molecule has 0 atom stereocenters. The molecule has 0 saturated heterocycles. The van der Waals surface area contributed by atoms with E-state index in [1.807, 2.05) is 12.1 Å². The zero-order valence-electron chi connectivity index (χ0n) is 11.1. The Hall–Kier alpha value is -1.17. The number of pyridine rings is 1. The highest BCUT2D eigenvalue weighted by molar-refractivity contribution is 5.19. The molecule has 0 saturated carbocycles. The van der Waals surface area contributed by atoms with E-state index in [1.54, 1.807) is 13.3 Å². The minimum Gasteiger partial charge on any atom is -0.490 e. The van der Waals surface area contributed by atoms with Gasteiger partial charge in [-0.1, -0.05) is 6.92 Å². The number of rotatable bonds is 10. The van der Waals surface area contributed by atoms with Crippen LogP contribution in [0.2, 0.25) is 0 Å². The second-order valence-electron chi connectivity index (χ2n) is 3.72. The lowest BCUT2D eigenvalue weighted by Crippen LogP contribution is -2.13. The van der Waals surface area contributed by atoms with Gasteiger partial charge >= 0.3 is 0 Å². The van der Waals surface area contributed by atoms with Crippen molar-refractivity contribution in [3.8, 4) is 5.75 Å². The Morgan fingerprint density at radius 1 is 1.17 bits per heavy atom. The Bertz CT molecular complexity index is 304. The first-order valence-corrected chi connectivity index (χ1v) is 6.22. The third kappa shape index (κ3) is 6.54. The van der Waals surface area contributed by atoms with Crippen molar-refractivity contribution >= 4 is 0 Å². The Morgan fingerprint density at radius 2 is 2.00 bits per heavy atom. The molecule has 0 radical (unpaired) electrons. The molecule has 0 bridgehead atoms. The first kappa shape index (κ1) is 14.9. The van der Waals surface area contributed by atoms with E-state index in [0.29, 0.717) is 26.4 Å². The average Bonchev–Trinajstić information content (AvgIpc) is 2.42. The summed E-state index contributed by atoms with van der Waals surface area (Å²) in [5.74, 6) is 0.769. The van der Waals surface area contributed by atoms with Crippen molar-refractivity contribution in [1.29, 1.82) is 0 Å². The Kier molecular flexibility index (Phi) is 8.12. The van der Waals surface area contributed by atoms with E-state index in [4.69, 9.17) is 14.2 Å². The third-order valence-corrected chi connectivity index (χ3v) is 2.28. The van der Waals surface area contributed by atoms with Crippen LogP contribution in [-0.4, -0.2) is 45.1 Å². The SMILES string of the molecule is CCNCc1ccc(OCCOCCOC)cn1. The number of nitrogens with zero attached hydrogens (tertiary/aromatic N) is 1. The van der Waals surface area contributed by atoms with Crippen LogP contribution in [0.4, 0.5) is 0 Å². The van der Waals surface area contributed by atoms with Crippen LogP contribution < -0.4 is 10.1 Å². The Balaban J connectivity index is 2.14. The lowest BCUT2D eigenvalue weighted by molar-refractivity contribution is 0.0543. The fourth-order valence-corrected chi connectivity index (χ4v) is 1.32. The second-order valence-corrected chi connectivity index (χ2v) is 3.72. The van der Waals surface area contributed by atoms with Crippen molar-refractivity contribution in [3.05, 3.63) is 24.0 Å². The van der Waals surface area contributed by atoms with E-state index in [9.17, 15) is 0 Å². The molecule has 0 unspecified atom stereocenters. The number of nitrogens with one attached hydrogen (secondary N) is 1. The maximum Gasteiger partial charge on any atom is 0.137 e. The van der Waals surface area contributed by atoms with Gasteiger partial charge in [-0.3, -0.25) is 4.98 Å². The topological polar surface area (TPSA) is 52.6 Å². The van der Waals surface area contributed by atoms with Crippen LogP contribution in [0.5, 0.6) is 5.75 Å². The molecule has 0 aliphatic heterocycles. The van der Waals surface area contributed by atoms with Gasteiger partial charge in [0, 0.05) is 13.7 Å². The molecule has 5 heteroatoms. The van der Waals surface area contributed by atoms with E-state index in [-0.39, 0.29) is 0 Å². The van der Waals surface area contributed by atoms with E-state index in [2.05, 4.69) is 17.2 Å². The zero-order valence-corrected chi connectivity index (χ0v) is 11.1. The van der Waals surface area contributed by atoms with Gasteiger partial charge in [0.05, 0.1) is 31.7 Å². The van der Waals surface area contributed by atoms with Crippen LogP contribution in [0.1, 0.15) is 12.6 Å². The van der Waals surface area contributed by atoms with Crippen molar-refractivity contribution in [2.75, 3.05) is 40.1 Å². The molecule has 1 rings (SSSR count). The number of methoxy groups -OCH3 is 1. The molecule has 1 aromatic heterocycles. The van der Waals surface area contributed by atoms with Crippen molar-refractivity contribution in [3.63, 3.8) is 0 Å². The minimum absolute atomic E-state index is 0.526. The Labute approximate surface area is 108 Å². The summed E-state index contributed by atoms with van der Waals surface area (Å²) < 4.78 is 15.7. The monoisotopic (exact) mass is 254 g/mol. The summed E-state index contributed by atoms with van der Waals surface area (Å²) in [6.07, 6.45) is 1.74. The largest absolute Gasteiger partial charge is 0.490 e. The van der Waals surface area contributed by atoms with Crippen LogP contribution in [0.15, 0.2) is 18.3 Å². The average molecular weight is 254 g/mol. The molecule has 1 heterocycles. The van der Waals surface area contributed by atoms with Crippen molar-refractivity contribution in [2.45, 2.75) is 13.5 Å². The molecule has 0 aromatic carbocycles. The molecule has 102 valence electrons. The van der Waals surface area contributed by atoms with Gasteiger partial charge in [0.2, 0.25) is 0 Å². The predicted molar refractivity (Wildman–Crippen MR) is 69.8 cm³/mol. The third-order valence-electron chi connectivity index (χ3n) is 2.28. The fraction of sp³-hybridized carbons (Fsp3) is 0.615. The summed E-state index contributed by atoms with van der Waals surface area (Å²) in [5, 5.41) is 3.22. The van der Waals surface area contributed by atoms with Gasteiger partial charge in [-0.15, -0.1) is 0 Å². The van der Waals surface area contributed by atoms with Crippen LogP contribution >= 0.6 is 0 Å². The van der Waals surface area contributed by atoms with Gasteiger partial charge < -0.3 is 19.5 Å². The molecule has 0 aliphatic carbocycles. The van der Waals surface area contributed by atoms with Crippen LogP contribution in [0, 0.1) is 0 Å². The highest BCUT2D eigenvalue weighted by atomic mass is 16.5. The van der Waals surface area contributed by atoms with Crippen LogP contribution in [-0.2, 0) is 16.0 Å². The highest BCUT2D eigenvalue weighted by Crippen LogP contribution is 2.08. The summed E-state index contributed by atoms with van der Waals surface area (Å²) >= 11 is 0. The molecule has 0 spiro atoms. The molecule has 5 nitrogen and oxygen atoms in total. The van der Waals surface area contributed by atoms with Crippen molar-refractivity contribution < 1.29 is 14.2 Å². The quantitative estimate of drug-likeness (QED) is 0.637. The lowest BCUT2D eigenvalue weighted by Gasteiger charge is -2.07. The van der Waals surface area contributed by atoms with Gasteiger partial charge in [0.25, 0.3) is 0 Å². The Morgan fingerprint density at radius 3 is 2.67 bits per heavy atom. The predicted octanol–water partition coefficient (Wildman–Crippen LogP) is 1.23. The summed E-state index contributed by atoms with van der Waals surface area (Å²) in [4.78, 5) is 4.30. The normalized spacial score (nSPS) is 10.6. The lowest BCUT2D eigenvalue weighted by atomic mass is 10.3. The van der Waals surface area contributed by atoms with Crippen molar-refractivity contribution in [2.24, 2.45) is 0 Å². The van der Waals surface area contributed by atoms with Crippen molar-refractivity contribution in [1.82, 2.24) is 10.3 Å².